The average Bonchev–Trinajstić information content (AvgIpc) is 2.48. The van der Waals surface area contributed by atoms with Crippen molar-refractivity contribution in [2.75, 3.05) is 37.0 Å². The molecule has 1 atom stereocenters. The topological polar surface area (TPSA) is 50.3 Å². The van der Waals surface area contributed by atoms with E-state index in [1.807, 2.05) is 0 Å². The summed E-state index contributed by atoms with van der Waals surface area (Å²) in [5.74, 6) is 2.89. The number of methoxy groups -OCH3 is 1. The van der Waals surface area contributed by atoms with Crippen molar-refractivity contribution in [3.8, 4) is 0 Å². The van der Waals surface area contributed by atoms with E-state index in [0.29, 0.717) is 6.10 Å². The molecule has 2 heterocycles. The fourth-order valence-electron chi connectivity index (χ4n) is 2.59. The summed E-state index contributed by atoms with van der Waals surface area (Å²) in [5, 5.41) is 3.30. The first-order chi connectivity index (χ1) is 9.76. The summed E-state index contributed by atoms with van der Waals surface area (Å²) in [6.07, 6.45) is 4.60. The van der Waals surface area contributed by atoms with Gasteiger partial charge in [0.05, 0.1) is 6.10 Å². The standard InChI is InChI=1S/C15H26N4O/c1-4-7-13-17-14(16-5-2)10-15(18-13)19-9-6-8-12(11-19)20-3/h10,12H,4-9,11H2,1-3H3,(H,16,17,18). The van der Waals surface area contributed by atoms with Crippen molar-refractivity contribution < 1.29 is 4.74 Å². The summed E-state index contributed by atoms with van der Waals surface area (Å²) in [6, 6.07) is 2.06. The van der Waals surface area contributed by atoms with E-state index in [4.69, 9.17) is 9.72 Å². The fraction of sp³-hybridized carbons (Fsp3) is 0.733. The summed E-state index contributed by atoms with van der Waals surface area (Å²) >= 11 is 0. The molecule has 1 saturated heterocycles. The third-order valence-electron chi connectivity index (χ3n) is 3.63. The van der Waals surface area contributed by atoms with Crippen LogP contribution in [0.3, 0.4) is 0 Å². The van der Waals surface area contributed by atoms with Gasteiger partial charge in [-0.05, 0) is 26.2 Å². The zero-order chi connectivity index (χ0) is 14.4. The molecule has 5 heteroatoms. The van der Waals surface area contributed by atoms with Crippen molar-refractivity contribution in [3.63, 3.8) is 0 Å². The van der Waals surface area contributed by atoms with E-state index < -0.39 is 0 Å². The molecule has 5 nitrogen and oxygen atoms in total. The van der Waals surface area contributed by atoms with Crippen LogP contribution in [-0.2, 0) is 11.2 Å². The third-order valence-corrected chi connectivity index (χ3v) is 3.63. The molecule has 112 valence electrons. The lowest BCUT2D eigenvalue weighted by molar-refractivity contribution is 0.0891. The van der Waals surface area contributed by atoms with Gasteiger partial charge in [-0.15, -0.1) is 0 Å². The van der Waals surface area contributed by atoms with Crippen molar-refractivity contribution in [1.82, 2.24) is 9.97 Å². The van der Waals surface area contributed by atoms with E-state index in [1.165, 1.54) is 0 Å². The lowest BCUT2D eigenvalue weighted by Crippen LogP contribution is -2.39. The quantitative estimate of drug-likeness (QED) is 0.866. The molecule has 1 aromatic heterocycles. The molecule has 1 N–H and O–H groups in total. The number of piperidine rings is 1. The number of aromatic nitrogens is 2. The molecule has 1 unspecified atom stereocenters. The number of nitrogens with one attached hydrogen (secondary N) is 1. The Hall–Kier alpha value is -1.36. The Balaban J connectivity index is 2.19. The molecule has 0 aliphatic carbocycles. The van der Waals surface area contributed by atoms with Crippen LogP contribution < -0.4 is 10.2 Å². The SMILES string of the molecule is CCCc1nc(NCC)cc(N2CCCC(OC)C2)n1. The second-order valence-corrected chi connectivity index (χ2v) is 5.25. The van der Waals surface area contributed by atoms with Crippen molar-refractivity contribution in [2.45, 2.75) is 45.6 Å². The van der Waals surface area contributed by atoms with Gasteiger partial charge in [0, 0.05) is 39.2 Å². The number of ether oxygens (including phenoxy) is 1. The number of hydrogen-bond donors (Lipinski definition) is 1. The largest absolute Gasteiger partial charge is 0.380 e. The second-order valence-electron chi connectivity index (χ2n) is 5.25. The maximum atomic E-state index is 5.50. The van der Waals surface area contributed by atoms with Crippen molar-refractivity contribution in [3.05, 3.63) is 11.9 Å². The zero-order valence-electron chi connectivity index (χ0n) is 12.9. The highest BCUT2D eigenvalue weighted by Crippen LogP contribution is 2.22. The van der Waals surface area contributed by atoms with Gasteiger partial charge in [-0.25, -0.2) is 9.97 Å². The zero-order valence-corrected chi connectivity index (χ0v) is 12.9. The minimum Gasteiger partial charge on any atom is -0.380 e. The number of aryl methyl sites for hydroxylation is 1. The van der Waals surface area contributed by atoms with Crippen LogP contribution in [-0.4, -0.2) is 42.8 Å². The molecule has 1 aliphatic rings. The molecule has 2 rings (SSSR count). The molecular weight excluding hydrogens is 252 g/mol. The molecule has 1 fully saturated rings. The predicted molar refractivity (Wildman–Crippen MR) is 82.4 cm³/mol. The minimum atomic E-state index is 0.316. The first kappa shape index (κ1) is 15.0. The Morgan fingerprint density at radius 2 is 2.25 bits per heavy atom. The van der Waals surface area contributed by atoms with Crippen molar-refractivity contribution in [1.29, 1.82) is 0 Å². The second kappa shape index (κ2) is 7.43. The minimum absolute atomic E-state index is 0.316. The number of nitrogens with zero attached hydrogens (tertiary/aromatic N) is 3. The van der Waals surface area contributed by atoms with Gasteiger partial charge in [-0.3, -0.25) is 0 Å². The monoisotopic (exact) mass is 278 g/mol. The van der Waals surface area contributed by atoms with Crippen LogP contribution in [0, 0.1) is 0 Å². The molecular formula is C15H26N4O. The Morgan fingerprint density at radius 1 is 1.40 bits per heavy atom. The van der Waals surface area contributed by atoms with Gasteiger partial charge in [0.1, 0.15) is 17.5 Å². The summed E-state index contributed by atoms with van der Waals surface area (Å²) < 4.78 is 5.50. The Bertz CT molecular complexity index is 400. The number of rotatable bonds is 6. The number of anilines is 2. The van der Waals surface area contributed by atoms with Crippen LogP contribution in [0.5, 0.6) is 0 Å². The normalized spacial score (nSPS) is 19.1. The average molecular weight is 278 g/mol. The molecule has 0 amide bonds. The molecule has 0 spiro atoms. The Morgan fingerprint density at radius 3 is 2.95 bits per heavy atom. The van der Waals surface area contributed by atoms with E-state index >= 15 is 0 Å². The molecule has 0 bridgehead atoms. The summed E-state index contributed by atoms with van der Waals surface area (Å²) in [5.41, 5.74) is 0. The summed E-state index contributed by atoms with van der Waals surface area (Å²) in [7, 11) is 1.79. The van der Waals surface area contributed by atoms with Crippen LogP contribution in [0.25, 0.3) is 0 Å². The molecule has 20 heavy (non-hydrogen) atoms. The van der Waals surface area contributed by atoms with E-state index in [-0.39, 0.29) is 0 Å². The van der Waals surface area contributed by atoms with E-state index in [1.54, 1.807) is 7.11 Å². The van der Waals surface area contributed by atoms with Crippen LogP contribution in [0.15, 0.2) is 6.07 Å². The van der Waals surface area contributed by atoms with Crippen LogP contribution in [0.4, 0.5) is 11.6 Å². The highest BCUT2D eigenvalue weighted by molar-refractivity contribution is 5.49. The van der Waals surface area contributed by atoms with Gasteiger partial charge in [0.25, 0.3) is 0 Å². The van der Waals surface area contributed by atoms with Gasteiger partial charge in [0.15, 0.2) is 0 Å². The first-order valence-corrected chi connectivity index (χ1v) is 7.66. The van der Waals surface area contributed by atoms with Crippen molar-refractivity contribution in [2.24, 2.45) is 0 Å². The smallest absolute Gasteiger partial charge is 0.134 e. The molecule has 1 aromatic rings. The Labute approximate surface area is 121 Å². The third kappa shape index (κ3) is 3.82. The van der Waals surface area contributed by atoms with Gasteiger partial charge in [-0.2, -0.15) is 0 Å². The Kier molecular flexibility index (Phi) is 5.59. The maximum Gasteiger partial charge on any atom is 0.134 e. The maximum absolute atomic E-state index is 5.50. The molecule has 0 aromatic carbocycles. The summed E-state index contributed by atoms with van der Waals surface area (Å²) in [4.78, 5) is 11.6. The molecule has 1 aliphatic heterocycles. The lowest BCUT2D eigenvalue weighted by Gasteiger charge is -2.33. The van der Waals surface area contributed by atoms with Gasteiger partial charge < -0.3 is 15.0 Å². The fourth-order valence-corrected chi connectivity index (χ4v) is 2.59. The van der Waals surface area contributed by atoms with Crippen molar-refractivity contribution >= 4 is 11.6 Å². The van der Waals surface area contributed by atoms with E-state index in [9.17, 15) is 0 Å². The van der Waals surface area contributed by atoms with Gasteiger partial charge >= 0.3 is 0 Å². The first-order valence-electron chi connectivity index (χ1n) is 7.66. The van der Waals surface area contributed by atoms with E-state index in [0.717, 1.165) is 62.8 Å². The van der Waals surface area contributed by atoms with Gasteiger partial charge in [-0.1, -0.05) is 6.92 Å². The highest BCUT2D eigenvalue weighted by Gasteiger charge is 2.21. The summed E-state index contributed by atoms with van der Waals surface area (Å²) in [6.45, 7) is 7.09. The lowest BCUT2D eigenvalue weighted by atomic mass is 10.1. The van der Waals surface area contributed by atoms with E-state index in [2.05, 4.69) is 35.1 Å². The molecule has 0 saturated carbocycles. The van der Waals surface area contributed by atoms with Gasteiger partial charge in [0.2, 0.25) is 0 Å². The number of hydrogen-bond acceptors (Lipinski definition) is 5. The predicted octanol–water partition coefficient (Wildman–Crippen LogP) is 2.48. The van der Waals surface area contributed by atoms with Crippen LogP contribution >= 0.6 is 0 Å². The van der Waals surface area contributed by atoms with Crippen LogP contribution in [0.2, 0.25) is 0 Å². The van der Waals surface area contributed by atoms with Crippen LogP contribution in [0.1, 0.15) is 38.9 Å². The molecule has 0 radical (unpaired) electrons. The highest BCUT2D eigenvalue weighted by atomic mass is 16.5.